The zero-order valence-corrected chi connectivity index (χ0v) is 15.8. The minimum atomic E-state index is -3.58. The van der Waals surface area contributed by atoms with Crippen LogP contribution in [0.3, 0.4) is 0 Å². The Labute approximate surface area is 157 Å². The van der Waals surface area contributed by atoms with E-state index in [0.717, 1.165) is 18.2 Å². The van der Waals surface area contributed by atoms with Crippen LogP contribution < -0.4 is 9.62 Å². The first kappa shape index (κ1) is 18.6. The zero-order valence-electron chi connectivity index (χ0n) is 14.2. The molecule has 1 aromatic carbocycles. The van der Waals surface area contributed by atoms with Gasteiger partial charge in [-0.15, -0.1) is 17.9 Å². The molecule has 0 bridgehead atoms. The average molecular weight is 393 g/mol. The van der Waals surface area contributed by atoms with Gasteiger partial charge in [0.25, 0.3) is 5.91 Å². The van der Waals surface area contributed by atoms with Gasteiger partial charge in [0.1, 0.15) is 0 Å². The highest BCUT2D eigenvalue weighted by atomic mass is 32.2. The summed E-state index contributed by atoms with van der Waals surface area (Å²) < 4.78 is 26.5. The van der Waals surface area contributed by atoms with Crippen molar-refractivity contribution in [2.75, 3.05) is 37.6 Å². The number of hydrogen-bond donors (Lipinski definition) is 1. The van der Waals surface area contributed by atoms with Crippen LogP contribution in [0.25, 0.3) is 0 Å². The second-order valence-corrected chi connectivity index (χ2v) is 8.40. The Morgan fingerprint density at radius 3 is 2.50 bits per heavy atom. The summed E-state index contributed by atoms with van der Waals surface area (Å²) in [6.45, 7) is 6.33. The summed E-state index contributed by atoms with van der Waals surface area (Å²) in [5.41, 5.74) is 0.482. The highest BCUT2D eigenvalue weighted by Gasteiger charge is 2.23. The number of rotatable bonds is 6. The Balaban J connectivity index is 1.63. The van der Waals surface area contributed by atoms with Gasteiger partial charge in [0.2, 0.25) is 10.0 Å². The number of carbonyl (C=O) groups excluding carboxylic acids is 1. The molecular weight excluding hydrogens is 372 g/mol. The molecular formula is C17H20N4O3S2. The van der Waals surface area contributed by atoms with Crippen LogP contribution in [0.1, 0.15) is 10.4 Å². The molecule has 0 radical (unpaired) electrons. The molecule has 138 valence electrons. The molecule has 2 heterocycles. The van der Waals surface area contributed by atoms with Crippen LogP contribution in [0.2, 0.25) is 0 Å². The van der Waals surface area contributed by atoms with Gasteiger partial charge in [-0.2, -0.15) is 0 Å². The third-order valence-electron chi connectivity index (χ3n) is 4.09. The number of benzene rings is 1. The molecule has 1 amide bonds. The van der Waals surface area contributed by atoms with Crippen LogP contribution in [0.15, 0.2) is 53.4 Å². The molecule has 0 aliphatic carbocycles. The Kier molecular flexibility index (Phi) is 5.70. The van der Waals surface area contributed by atoms with Crippen molar-refractivity contribution < 1.29 is 13.2 Å². The van der Waals surface area contributed by atoms with Gasteiger partial charge in [-0.3, -0.25) is 4.79 Å². The Morgan fingerprint density at radius 1 is 1.23 bits per heavy atom. The third kappa shape index (κ3) is 4.12. The molecule has 1 saturated heterocycles. The molecule has 0 atom stereocenters. The summed E-state index contributed by atoms with van der Waals surface area (Å²) in [5.74, 6) is -0.0909. The SMILES string of the molecule is C=CCNS(=O)(=O)c1ccc(C(=O)N2CCN(c3nccs3)CC2)cc1. The largest absolute Gasteiger partial charge is 0.345 e. The van der Waals surface area contributed by atoms with Crippen molar-refractivity contribution in [3.8, 4) is 0 Å². The summed E-state index contributed by atoms with van der Waals surface area (Å²) in [7, 11) is -3.58. The Bertz CT molecular complexity index is 856. The number of nitrogens with one attached hydrogen (secondary N) is 1. The number of amides is 1. The van der Waals surface area contributed by atoms with Crippen LogP contribution in [-0.2, 0) is 10.0 Å². The average Bonchev–Trinajstić information content (AvgIpc) is 3.21. The van der Waals surface area contributed by atoms with E-state index in [-0.39, 0.29) is 17.3 Å². The summed E-state index contributed by atoms with van der Waals surface area (Å²) in [6.07, 6.45) is 3.25. The molecule has 1 N–H and O–H groups in total. The number of anilines is 1. The van der Waals surface area contributed by atoms with Crippen molar-refractivity contribution in [2.45, 2.75) is 4.90 Å². The molecule has 0 spiro atoms. The van der Waals surface area contributed by atoms with E-state index in [1.54, 1.807) is 34.6 Å². The first-order valence-electron chi connectivity index (χ1n) is 8.15. The Hall–Kier alpha value is -2.23. The quantitative estimate of drug-likeness (QED) is 0.755. The van der Waals surface area contributed by atoms with Crippen LogP contribution in [-0.4, -0.2) is 56.9 Å². The molecule has 9 heteroatoms. The fourth-order valence-corrected chi connectivity index (χ4v) is 4.38. The number of piperazine rings is 1. The van der Waals surface area contributed by atoms with E-state index < -0.39 is 10.0 Å². The smallest absolute Gasteiger partial charge is 0.253 e. The van der Waals surface area contributed by atoms with E-state index in [0.29, 0.717) is 18.7 Å². The van der Waals surface area contributed by atoms with Gasteiger partial charge in [-0.05, 0) is 24.3 Å². The molecule has 0 saturated carbocycles. The molecule has 26 heavy (non-hydrogen) atoms. The van der Waals surface area contributed by atoms with E-state index in [2.05, 4.69) is 21.2 Å². The topological polar surface area (TPSA) is 82.6 Å². The van der Waals surface area contributed by atoms with Gasteiger partial charge in [0, 0.05) is 49.9 Å². The highest BCUT2D eigenvalue weighted by Crippen LogP contribution is 2.20. The molecule has 0 unspecified atom stereocenters. The molecule has 1 fully saturated rings. The van der Waals surface area contributed by atoms with Crippen molar-refractivity contribution in [2.24, 2.45) is 0 Å². The molecule has 1 aliphatic heterocycles. The lowest BCUT2D eigenvalue weighted by atomic mass is 10.2. The second-order valence-electron chi connectivity index (χ2n) is 5.76. The van der Waals surface area contributed by atoms with Crippen LogP contribution in [0, 0.1) is 0 Å². The molecule has 1 aliphatic rings. The molecule has 2 aromatic rings. The number of aromatic nitrogens is 1. The van der Waals surface area contributed by atoms with Crippen molar-refractivity contribution in [3.05, 3.63) is 54.1 Å². The predicted molar refractivity (Wildman–Crippen MR) is 102 cm³/mol. The first-order chi connectivity index (χ1) is 12.5. The van der Waals surface area contributed by atoms with Crippen molar-refractivity contribution in [3.63, 3.8) is 0 Å². The normalized spacial score (nSPS) is 15.1. The minimum Gasteiger partial charge on any atom is -0.345 e. The maximum absolute atomic E-state index is 12.6. The van der Waals surface area contributed by atoms with E-state index in [4.69, 9.17) is 0 Å². The summed E-state index contributed by atoms with van der Waals surface area (Å²) in [5, 5.41) is 2.91. The molecule has 7 nitrogen and oxygen atoms in total. The van der Waals surface area contributed by atoms with Gasteiger partial charge in [0.05, 0.1) is 4.90 Å². The predicted octanol–water partition coefficient (Wildman–Crippen LogP) is 1.57. The highest BCUT2D eigenvalue weighted by molar-refractivity contribution is 7.89. The van der Waals surface area contributed by atoms with Crippen molar-refractivity contribution >= 4 is 32.4 Å². The van der Waals surface area contributed by atoms with Gasteiger partial charge in [0.15, 0.2) is 5.13 Å². The van der Waals surface area contributed by atoms with E-state index in [1.807, 2.05) is 5.38 Å². The molecule has 3 rings (SSSR count). The number of carbonyl (C=O) groups is 1. The lowest BCUT2D eigenvalue weighted by molar-refractivity contribution is 0.0746. The van der Waals surface area contributed by atoms with Gasteiger partial charge in [-0.25, -0.2) is 18.1 Å². The molecule has 1 aromatic heterocycles. The van der Waals surface area contributed by atoms with E-state index >= 15 is 0 Å². The summed E-state index contributed by atoms with van der Waals surface area (Å²) in [4.78, 5) is 21.0. The number of nitrogens with zero attached hydrogens (tertiary/aromatic N) is 3. The van der Waals surface area contributed by atoms with Gasteiger partial charge in [-0.1, -0.05) is 6.08 Å². The number of hydrogen-bond acceptors (Lipinski definition) is 6. The second kappa shape index (κ2) is 7.98. The fraction of sp³-hybridized carbons (Fsp3) is 0.294. The number of thiazole rings is 1. The number of sulfonamides is 1. The third-order valence-corrected chi connectivity index (χ3v) is 6.36. The lowest BCUT2D eigenvalue weighted by Crippen LogP contribution is -2.48. The van der Waals surface area contributed by atoms with Crippen LogP contribution >= 0.6 is 11.3 Å². The van der Waals surface area contributed by atoms with Gasteiger partial charge >= 0.3 is 0 Å². The Morgan fingerprint density at radius 2 is 1.92 bits per heavy atom. The minimum absolute atomic E-state index is 0.0909. The van der Waals surface area contributed by atoms with Crippen LogP contribution in [0.4, 0.5) is 5.13 Å². The fourth-order valence-electron chi connectivity index (χ4n) is 2.68. The van der Waals surface area contributed by atoms with Gasteiger partial charge < -0.3 is 9.80 Å². The first-order valence-corrected chi connectivity index (χ1v) is 10.5. The summed E-state index contributed by atoms with van der Waals surface area (Å²) >= 11 is 1.59. The maximum Gasteiger partial charge on any atom is 0.253 e. The summed E-state index contributed by atoms with van der Waals surface area (Å²) in [6, 6.07) is 6.00. The van der Waals surface area contributed by atoms with E-state index in [9.17, 15) is 13.2 Å². The lowest BCUT2D eigenvalue weighted by Gasteiger charge is -2.34. The zero-order chi connectivity index (χ0) is 18.6. The van der Waals surface area contributed by atoms with Crippen molar-refractivity contribution in [1.29, 1.82) is 0 Å². The standard InChI is InChI=1S/C17H20N4O3S2/c1-2-7-19-26(23,24)15-5-3-14(4-6-15)16(22)20-9-11-21(12-10-20)17-18-8-13-25-17/h2-6,8,13,19H,1,7,9-12H2. The maximum atomic E-state index is 12.6. The van der Waals surface area contributed by atoms with Crippen LogP contribution in [0.5, 0.6) is 0 Å². The van der Waals surface area contributed by atoms with Crippen molar-refractivity contribution in [1.82, 2.24) is 14.6 Å². The van der Waals surface area contributed by atoms with E-state index in [1.165, 1.54) is 18.2 Å². The monoisotopic (exact) mass is 392 g/mol.